The summed E-state index contributed by atoms with van der Waals surface area (Å²) in [5.41, 5.74) is 7.18. The number of aryl methyl sites for hydroxylation is 2. The number of benzene rings is 2. The van der Waals surface area contributed by atoms with E-state index in [1.54, 1.807) is 0 Å². The summed E-state index contributed by atoms with van der Waals surface area (Å²) in [4.78, 5) is 67.2. The lowest BCUT2D eigenvalue weighted by Gasteiger charge is -2.36. The van der Waals surface area contributed by atoms with Crippen molar-refractivity contribution in [3.8, 4) is 5.75 Å². The normalized spacial score (nSPS) is 17.0. The van der Waals surface area contributed by atoms with Crippen molar-refractivity contribution in [2.75, 3.05) is 12.5 Å². The molecule has 2 aromatic carbocycles. The van der Waals surface area contributed by atoms with Crippen LogP contribution in [0.1, 0.15) is 64.2 Å². The van der Waals surface area contributed by atoms with Crippen molar-refractivity contribution in [2.24, 2.45) is 5.73 Å². The predicted molar refractivity (Wildman–Crippen MR) is 177 cm³/mol. The average molecular weight is 655 g/mol. The quantitative estimate of drug-likeness (QED) is 0.278. The highest BCUT2D eigenvalue weighted by Gasteiger charge is 2.51. The van der Waals surface area contributed by atoms with Gasteiger partial charge in [0, 0.05) is 16.7 Å². The van der Waals surface area contributed by atoms with E-state index in [0.29, 0.717) is 5.75 Å². The van der Waals surface area contributed by atoms with E-state index in [2.05, 4.69) is 10.6 Å². The van der Waals surface area contributed by atoms with Gasteiger partial charge in [-0.2, -0.15) is 0 Å². The maximum atomic E-state index is 14.5. The number of primary amides is 1. The summed E-state index contributed by atoms with van der Waals surface area (Å²) in [5.74, 6) is -2.33. The summed E-state index contributed by atoms with van der Waals surface area (Å²) in [7, 11) is 0. The number of nitrogens with two attached hydrogens (primary N) is 1. The third-order valence-corrected chi connectivity index (χ3v) is 8.79. The number of nitrogens with zero attached hydrogens (tertiary/aromatic N) is 1. The fourth-order valence-electron chi connectivity index (χ4n) is 5.26. The second kappa shape index (κ2) is 15.5. The third kappa shape index (κ3) is 10.2. The summed E-state index contributed by atoms with van der Waals surface area (Å²) in [6.07, 6.45) is -2.03. The maximum absolute atomic E-state index is 14.5. The molecule has 1 heterocycles. The Bertz CT molecular complexity index is 1400. The van der Waals surface area contributed by atoms with Crippen molar-refractivity contribution in [1.82, 2.24) is 15.5 Å². The van der Waals surface area contributed by atoms with Crippen LogP contribution in [0.5, 0.6) is 5.75 Å². The standard InChI is InChI=1S/C34H46N4O7S/c1-21-12-11-13-22(2)28(21)44-19-26(40)36-24(18-23-14-9-8-10-15-23)29(45-27(41)17-16-25(35)39)32(43)38-20-46-34(6,7)30(38)31(42)37-33(3,4)5/h8-15,24,29-30H,16-20H2,1-7H3,(H2,35,39)(H,36,40)(H,37,42)/t24-,29-,30?/m0/s1. The van der Waals surface area contributed by atoms with E-state index in [1.807, 2.05) is 97.0 Å². The van der Waals surface area contributed by atoms with Gasteiger partial charge in [-0.1, -0.05) is 48.5 Å². The first-order valence-electron chi connectivity index (χ1n) is 15.2. The van der Waals surface area contributed by atoms with Gasteiger partial charge in [-0.25, -0.2) is 0 Å². The molecule has 46 heavy (non-hydrogen) atoms. The molecule has 3 rings (SSSR count). The predicted octanol–water partition coefficient (Wildman–Crippen LogP) is 3.18. The molecule has 4 amide bonds. The van der Waals surface area contributed by atoms with Gasteiger partial charge in [-0.3, -0.25) is 24.0 Å². The van der Waals surface area contributed by atoms with Crippen LogP contribution < -0.4 is 21.1 Å². The number of esters is 1. The summed E-state index contributed by atoms with van der Waals surface area (Å²) >= 11 is 1.42. The number of thioether (sulfide) groups is 1. The van der Waals surface area contributed by atoms with Crippen LogP contribution in [-0.2, 0) is 35.1 Å². The fourth-order valence-corrected chi connectivity index (χ4v) is 6.40. The highest BCUT2D eigenvalue weighted by molar-refractivity contribution is 8.00. The Labute approximate surface area is 275 Å². The van der Waals surface area contributed by atoms with Gasteiger partial charge in [-0.05, 0) is 71.6 Å². The molecule has 1 aliphatic rings. The van der Waals surface area contributed by atoms with Crippen LogP contribution in [0, 0.1) is 13.8 Å². The van der Waals surface area contributed by atoms with E-state index < -0.39 is 52.2 Å². The molecule has 1 aliphatic heterocycles. The number of rotatable bonds is 13. The van der Waals surface area contributed by atoms with Crippen LogP contribution in [-0.4, -0.2) is 75.5 Å². The van der Waals surface area contributed by atoms with Crippen LogP contribution in [0.15, 0.2) is 48.5 Å². The molecule has 0 saturated carbocycles. The molecule has 0 radical (unpaired) electrons. The Morgan fingerprint density at radius 1 is 1.00 bits per heavy atom. The molecule has 3 atom stereocenters. The van der Waals surface area contributed by atoms with Crippen LogP contribution >= 0.6 is 11.8 Å². The Hall–Kier alpha value is -4.06. The highest BCUT2D eigenvalue weighted by Crippen LogP contribution is 2.40. The SMILES string of the molecule is Cc1cccc(C)c1OCC(=O)N[C@@H](Cc1ccccc1)[C@H](OC(=O)CCC(N)=O)C(=O)N1CSC(C)(C)C1C(=O)NC(C)(C)C. The molecule has 0 bridgehead atoms. The molecule has 1 unspecified atom stereocenters. The smallest absolute Gasteiger partial charge is 0.307 e. The summed E-state index contributed by atoms with van der Waals surface area (Å²) < 4.78 is 11.0. The number of hydrogen-bond acceptors (Lipinski definition) is 8. The van der Waals surface area contributed by atoms with Crippen molar-refractivity contribution in [2.45, 2.75) is 96.2 Å². The van der Waals surface area contributed by atoms with Crippen molar-refractivity contribution >= 4 is 41.4 Å². The first-order valence-corrected chi connectivity index (χ1v) is 16.2. The zero-order chi connectivity index (χ0) is 34.2. The monoisotopic (exact) mass is 654 g/mol. The molecule has 0 aliphatic carbocycles. The Balaban J connectivity index is 1.98. The molecule has 0 aromatic heterocycles. The number of carbonyl (C=O) groups excluding carboxylic acids is 5. The number of amides is 4. The van der Waals surface area contributed by atoms with Gasteiger partial charge in [0.05, 0.1) is 18.3 Å². The molecule has 2 aromatic rings. The van der Waals surface area contributed by atoms with E-state index in [1.165, 1.54) is 16.7 Å². The fraction of sp³-hybridized carbons (Fsp3) is 0.500. The average Bonchev–Trinajstić information content (AvgIpc) is 3.28. The minimum absolute atomic E-state index is 0.124. The van der Waals surface area contributed by atoms with Crippen molar-refractivity contribution in [3.05, 3.63) is 65.2 Å². The van der Waals surface area contributed by atoms with Crippen LogP contribution in [0.4, 0.5) is 0 Å². The van der Waals surface area contributed by atoms with E-state index >= 15 is 0 Å². The lowest BCUT2D eigenvalue weighted by atomic mass is 9.96. The number of nitrogens with one attached hydrogen (secondary N) is 2. The summed E-state index contributed by atoms with van der Waals surface area (Å²) in [6, 6.07) is 12.8. The van der Waals surface area contributed by atoms with Crippen molar-refractivity contribution in [3.63, 3.8) is 0 Å². The van der Waals surface area contributed by atoms with Crippen LogP contribution in [0.25, 0.3) is 0 Å². The molecular weight excluding hydrogens is 608 g/mol. The second-order valence-electron chi connectivity index (χ2n) is 13.1. The molecule has 1 fully saturated rings. The van der Waals surface area contributed by atoms with Gasteiger partial charge in [0.15, 0.2) is 6.61 Å². The van der Waals surface area contributed by atoms with Crippen LogP contribution in [0.3, 0.4) is 0 Å². The van der Waals surface area contributed by atoms with Gasteiger partial charge < -0.3 is 30.7 Å². The lowest BCUT2D eigenvalue weighted by Crippen LogP contribution is -2.61. The molecule has 250 valence electrons. The topological polar surface area (TPSA) is 157 Å². The number of ether oxygens (including phenoxy) is 2. The Kier molecular flexibility index (Phi) is 12.3. The van der Waals surface area contributed by atoms with Gasteiger partial charge in [0.1, 0.15) is 11.8 Å². The number of para-hydroxylation sites is 1. The largest absolute Gasteiger partial charge is 0.483 e. The second-order valence-corrected chi connectivity index (χ2v) is 14.7. The van der Waals surface area contributed by atoms with E-state index in [0.717, 1.165) is 16.7 Å². The summed E-state index contributed by atoms with van der Waals surface area (Å²) in [5, 5.41) is 5.83. The Morgan fingerprint density at radius 3 is 2.22 bits per heavy atom. The lowest BCUT2D eigenvalue weighted by molar-refractivity contribution is -0.164. The van der Waals surface area contributed by atoms with Crippen LogP contribution in [0.2, 0.25) is 0 Å². The number of carbonyl (C=O) groups is 5. The van der Waals surface area contributed by atoms with Crippen molar-refractivity contribution in [1.29, 1.82) is 0 Å². The van der Waals surface area contributed by atoms with Crippen molar-refractivity contribution < 1.29 is 33.4 Å². The molecule has 4 N–H and O–H groups in total. The summed E-state index contributed by atoms with van der Waals surface area (Å²) in [6.45, 7) is 12.7. The molecular formula is C34H46N4O7S. The zero-order valence-electron chi connectivity index (χ0n) is 27.7. The van der Waals surface area contributed by atoms with E-state index in [-0.39, 0.29) is 37.7 Å². The zero-order valence-corrected chi connectivity index (χ0v) is 28.5. The highest BCUT2D eigenvalue weighted by atomic mass is 32.2. The number of hydrogen-bond donors (Lipinski definition) is 3. The van der Waals surface area contributed by atoms with E-state index in [9.17, 15) is 24.0 Å². The molecule has 0 spiro atoms. The van der Waals surface area contributed by atoms with Gasteiger partial charge in [0.25, 0.3) is 11.8 Å². The molecule has 1 saturated heterocycles. The minimum atomic E-state index is -1.52. The van der Waals surface area contributed by atoms with Gasteiger partial charge >= 0.3 is 5.97 Å². The maximum Gasteiger partial charge on any atom is 0.307 e. The van der Waals surface area contributed by atoms with E-state index in [4.69, 9.17) is 15.2 Å². The van der Waals surface area contributed by atoms with Gasteiger partial charge in [-0.15, -0.1) is 11.8 Å². The van der Waals surface area contributed by atoms with Gasteiger partial charge in [0.2, 0.25) is 17.9 Å². The third-order valence-electron chi connectivity index (χ3n) is 7.42. The molecule has 12 heteroatoms. The first-order chi connectivity index (χ1) is 21.5. The first kappa shape index (κ1) is 36.4. The molecule has 11 nitrogen and oxygen atoms in total. The Morgan fingerprint density at radius 2 is 1.63 bits per heavy atom. The minimum Gasteiger partial charge on any atom is -0.483 e.